The van der Waals surface area contributed by atoms with E-state index >= 15 is 0 Å². The van der Waals surface area contributed by atoms with Crippen molar-refractivity contribution in [2.45, 2.75) is 13.5 Å². The summed E-state index contributed by atoms with van der Waals surface area (Å²) in [5.41, 5.74) is 1.71. The SMILES string of the molecule is CCn1nc(C(=O)O)cc1-c1cccc(OC)c1. The van der Waals surface area contributed by atoms with Crippen LogP contribution in [0.5, 0.6) is 5.75 Å². The molecule has 2 aromatic rings. The topological polar surface area (TPSA) is 64.4 Å². The van der Waals surface area contributed by atoms with Crippen molar-refractivity contribution in [2.24, 2.45) is 0 Å². The molecule has 0 aliphatic rings. The minimum atomic E-state index is -1.02. The van der Waals surface area contributed by atoms with Gasteiger partial charge in [0.2, 0.25) is 0 Å². The summed E-state index contributed by atoms with van der Waals surface area (Å²) < 4.78 is 6.82. The summed E-state index contributed by atoms with van der Waals surface area (Å²) in [7, 11) is 1.60. The Labute approximate surface area is 105 Å². The van der Waals surface area contributed by atoms with Crippen LogP contribution in [-0.2, 0) is 6.54 Å². The Kier molecular flexibility index (Phi) is 3.32. The van der Waals surface area contributed by atoms with E-state index in [9.17, 15) is 4.79 Å². The molecule has 2 rings (SSSR count). The third-order valence-electron chi connectivity index (χ3n) is 2.66. The van der Waals surface area contributed by atoms with E-state index in [1.807, 2.05) is 31.2 Å². The second-order valence-corrected chi connectivity index (χ2v) is 3.77. The van der Waals surface area contributed by atoms with Gasteiger partial charge in [-0.3, -0.25) is 4.68 Å². The lowest BCUT2D eigenvalue weighted by molar-refractivity contribution is 0.0689. The van der Waals surface area contributed by atoms with Crippen LogP contribution >= 0.6 is 0 Å². The summed E-state index contributed by atoms with van der Waals surface area (Å²) in [6, 6.07) is 9.03. The number of aryl methyl sites for hydroxylation is 1. The van der Waals surface area contributed by atoms with Gasteiger partial charge >= 0.3 is 5.97 Å². The maximum absolute atomic E-state index is 10.9. The van der Waals surface area contributed by atoms with Crippen LogP contribution in [0.2, 0.25) is 0 Å². The maximum Gasteiger partial charge on any atom is 0.356 e. The van der Waals surface area contributed by atoms with E-state index in [4.69, 9.17) is 9.84 Å². The van der Waals surface area contributed by atoms with Gasteiger partial charge in [0, 0.05) is 12.1 Å². The highest BCUT2D eigenvalue weighted by Gasteiger charge is 2.13. The Morgan fingerprint density at radius 1 is 1.44 bits per heavy atom. The lowest BCUT2D eigenvalue weighted by Crippen LogP contribution is -2.02. The number of aromatic nitrogens is 2. The second-order valence-electron chi connectivity index (χ2n) is 3.77. The third-order valence-corrected chi connectivity index (χ3v) is 2.66. The van der Waals surface area contributed by atoms with Crippen LogP contribution in [0.4, 0.5) is 0 Å². The zero-order valence-corrected chi connectivity index (χ0v) is 10.3. The molecule has 18 heavy (non-hydrogen) atoms. The lowest BCUT2D eigenvalue weighted by Gasteiger charge is -2.06. The van der Waals surface area contributed by atoms with Crippen molar-refractivity contribution >= 4 is 5.97 Å². The average Bonchev–Trinajstić information content (AvgIpc) is 2.83. The molecule has 0 atom stereocenters. The van der Waals surface area contributed by atoms with Crippen molar-refractivity contribution in [3.63, 3.8) is 0 Å². The van der Waals surface area contributed by atoms with E-state index in [1.54, 1.807) is 17.9 Å². The number of methoxy groups -OCH3 is 1. The van der Waals surface area contributed by atoms with Gasteiger partial charge in [-0.1, -0.05) is 12.1 Å². The largest absolute Gasteiger partial charge is 0.497 e. The first-order chi connectivity index (χ1) is 8.65. The van der Waals surface area contributed by atoms with Crippen molar-refractivity contribution in [3.05, 3.63) is 36.0 Å². The fourth-order valence-corrected chi connectivity index (χ4v) is 1.78. The van der Waals surface area contributed by atoms with Gasteiger partial charge in [0.1, 0.15) is 5.75 Å². The summed E-state index contributed by atoms with van der Waals surface area (Å²) >= 11 is 0. The van der Waals surface area contributed by atoms with Gasteiger partial charge in [0.05, 0.1) is 12.8 Å². The number of benzene rings is 1. The predicted octanol–water partition coefficient (Wildman–Crippen LogP) is 2.28. The van der Waals surface area contributed by atoms with Crippen LogP contribution in [-0.4, -0.2) is 28.0 Å². The quantitative estimate of drug-likeness (QED) is 0.898. The first-order valence-corrected chi connectivity index (χ1v) is 5.61. The van der Waals surface area contributed by atoms with Crippen LogP contribution in [0.1, 0.15) is 17.4 Å². The summed E-state index contributed by atoms with van der Waals surface area (Å²) in [6.45, 7) is 2.53. The summed E-state index contributed by atoms with van der Waals surface area (Å²) in [4.78, 5) is 10.9. The molecule has 0 saturated carbocycles. The standard InChI is InChI=1S/C13H14N2O3/c1-3-15-12(8-11(14-15)13(16)17)9-5-4-6-10(7-9)18-2/h4-8H,3H2,1-2H3,(H,16,17). The minimum Gasteiger partial charge on any atom is -0.497 e. The van der Waals surface area contributed by atoms with Crippen LogP contribution in [0.25, 0.3) is 11.3 Å². The molecule has 0 saturated heterocycles. The van der Waals surface area contributed by atoms with E-state index in [0.29, 0.717) is 6.54 Å². The van der Waals surface area contributed by atoms with E-state index in [-0.39, 0.29) is 5.69 Å². The number of ether oxygens (including phenoxy) is 1. The lowest BCUT2D eigenvalue weighted by atomic mass is 10.1. The highest BCUT2D eigenvalue weighted by atomic mass is 16.5. The Bertz CT molecular complexity index is 575. The Morgan fingerprint density at radius 3 is 2.83 bits per heavy atom. The zero-order valence-electron chi connectivity index (χ0n) is 10.3. The second kappa shape index (κ2) is 4.91. The highest BCUT2D eigenvalue weighted by molar-refractivity contribution is 5.87. The number of carbonyl (C=O) groups is 1. The van der Waals surface area contributed by atoms with Gasteiger partial charge in [-0.25, -0.2) is 4.79 Å². The van der Waals surface area contributed by atoms with Gasteiger partial charge < -0.3 is 9.84 Å². The fourth-order valence-electron chi connectivity index (χ4n) is 1.78. The Hall–Kier alpha value is -2.30. The van der Waals surface area contributed by atoms with Crippen molar-refractivity contribution in [3.8, 4) is 17.0 Å². The van der Waals surface area contributed by atoms with E-state index in [1.165, 1.54) is 0 Å². The molecule has 5 nitrogen and oxygen atoms in total. The van der Waals surface area contributed by atoms with Gasteiger partial charge in [-0.2, -0.15) is 5.10 Å². The molecule has 0 aliphatic heterocycles. The van der Waals surface area contributed by atoms with Crippen LogP contribution in [0, 0.1) is 0 Å². The van der Waals surface area contributed by atoms with Crippen molar-refractivity contribution in [1.29, 1.82) is 0 Å². The third kappa shape index (κ3) is 2.20. The molecule has 0 amide bonds. The Balaban J connectivity index is 2.51. The number of carboxylic acids is 1. The summed E-state index contributed by atoms with van der Waals surface area (Å²) in [5, 5.41) is 13.0. The van der Waals surface area contributed by atoms with Gasteiger partial charge in [0.25, 0.3) is 0 Å². The summed E-state index contributed by atoms with van der Waals surface area (Å²) in [6.07, 6.45) is 0. The first-order valence-electron chi connectivity index (χ1n) is 5.61. The van der Waals surface area contributed by atoms with E-state index < -0.39 is 5.97 Å². The smallest absolute Gasteiger partial charge is 0.356 e. The predicted molar refractivity (Wildman–Crippen MR) is 66.8 cm³/mol. The number of rotatable bonds is 4. The number of nitrogens with zero attached hydrogens (tertiary/aromatic N) is 2. The van der Waals surface area contributed by atoms with Crippen LogP contribution < -0.4 is 4.74 Å². The molecule has 1 heterocycles. The number of hydrogen-bond acceptors (Lipinski definition) is 3. The molecular formula is C13H14N2O3. The van der Waals surface area contributed by atoms with Gasteiger partial charge in [-0.05, 0) is 25.1 Å². The molecule has 0 radical (unpaired) electrons. The van der Waals surface area contributed by atoms with Crippen LogP contribution in [0.15, 0.2) is 30.3 Å². The Morgan fingerprint density at radius 2 is 2.22 bits per heavy atom. The average molecular weight is 246 g/mol. The molecule has 94 valence electrons. The van der Waals surface area contributed by atoms with Crippen molar-refractivity contribution < 1.29 is 14.6 Å². The molecule has 0 bridgehead atoms. The minimum absolute atomic E-state index is 0.0506. The highest BCUT2D eigenvalue weighted by Crippen LogP contribution is 2.24. The number of aromatic carboxylic acids is 1. The molecule has 0 spiro atoms. The maximum atomic E-state index is 10.9. The first kappa shape index (κ1) is 12.2. The molecule has 0 fully saturated rings. The monoisotopic (exact) mass is 246 g/mol. The van der Waals surface area contributed by atoms with Crippen molar-refractivity contribution in [2.75, 3.05) is 7.11 Å². The van der Waals surface area contributed by atoms with E-state index in [0.717, 1.165) is 17.0 Å². The molecule has 1 aromatic heterocycles. The molecule has 0 unspecified atom stereocenters. The normalized spacial score (nSPS) is 10.3. The molecular weight excluding hydrogens is 232 g/mol. The zero-order chi connectivity index (χ0) is 13.1. The number of carboxylic acid groups (broad SMARTS) is 1. The summed E-state index contributed by atoms with van der Waals surface area (Å²) in [5.74, 6) is -0.292. The van der Waals surface area contributed by atoms with E-state index in [2.05, 4.69) is 5.10 Å². The molecule has 1 aromatic carbocycles. The number of hydrogen-bond donors (Lipinski definition) is 1. The van der Waals surface area contributed by atoms with Gasteiger partial charge in [-0.15, -0.1) is 0 Å². The molecule has 5 heteroatoms. The molecule has 1 N–H and O–H groups in total. The molecule has 0 aliphatic carbocycles. The van der Waals surface area contributed by atoms with Crippen molar-refractivity contribution in [1.82, 2.24) is 9.78 Å². The van der Waals surface area contributed by atoms with Crippen LogP contribution in [0.3, 0.4) is 0 Å². The fraction of sp³-hybridized carbons (Fsp3) is 0.231. The van der Waals surface area contributed by atoms with Gasteiger partial charge in [0.15, 0.2) is 5.69 Å².